The average molecular weight is 262 g/mol. The molecule has 1 atom stereocenters. The molecule has 2 aromatic rings. The molecule has 1 fully saturated rings. The fourth-order valence-electron chi connectivity index (χ4n) is 2.45. The predicted molar refractivity (Wildman–Crippen MR) is 69.4 cm³/mol. The summed E-state index contributed by atoms with van der Waals surface area (Å²) in [5.41, 5.74) is 0. The van der Waals surface area contributed by atoms with Crippen LogP contribution in [0.1, 0.15) is 19.2 Å². The van der Waals surface area contributed by atoms with Gasteiger partial charge in [-0.2, -0.15) is 4.98 Å². The lowest BCUT2D eigenvalue weighted by Crippen LogP contribution is -2.36. The van der Waals surface area contributed by atoms with Gasteiger partial charge in [-0.15, -0.1) is 0 Å². The number of nitrogens with one attached hydrogen (secondary N) is 1. The van der Waals surface area contributed by atoms with Gasteiger partial charge in [-0.05, 0) is 31.6 Å². The lowest BCUT2D eigenvalue weighted by Gasteiger charge is -2.25. The Balaban J connectivity index is 1.68. The van der Waals surface area contributed by atoms with Crippen molar-refractivity contribution >= 4 is 0 Å². The largest absolute Gasteiger partial charge is 0.459 e. The van der Waals surface area contributed by atoms with Crippen LogP contribution in [0.25, 0.3) is 11.7 Å². The highest BCUT2D eigenvalue weighted by molar-refractivity contribution is 5.42. The maximum Gasteiger partial charge on any atom is 0.293 e. The van der Waals surface area contributed by atoms with E-state index in [1.807, 2.05) is 12.1 Å². The van der Waals surface area contributed by atoms with Crippen LogP contribution in [0.15, 0.2) is 27.3 Å². The minimum atomic E-state index is 0.445. The van der Waals surface area contributed by atoms with Gasteiger partial charge in [0.1, 0.15) is 0 Å². The SMILES string of the molecule is CCN(Cc1noc(-c2ccco2)n1)C1CCNC1. The van der Waals surface area contributed by atoms with E-state index in [0.717, 1.165) is 19.6 Å². The quantitative estimate of drug-likeness (QED) is 0.881. The Kier molecular flexibility index (Phi) is 3.61. The van der Waals surface area contributed by atoms with Crippen molar-refractivity contribution < 1.29 is 8.94 Å². The summed E-state index contributed by atoms with van der Waals surface area (Å²) in [5, 5.41) is 7.40. The number of hydrogen-bond donors (Lipinski definition) is 1. The molecule has 0 radical (unpaired) electrons. The second-order valence-corrected chi connectivity index (χ2v) is 4.70. The molecule has 0 amide bonds. The first-order valence-electron chi connectivity index (χ1n) is 6.68. The van der Waals surface area contributed by atoms with Gasteiger partial charge in [0.05, 0.1) is 12.8 Å². The normalized spacial score (nSPS) is 19.4. The summed E-state index contributed by atoms with van der Waals surface area (Å²) >= 11 is 0. The monoisotopic (exact) mass is 262 g/mol. The van der Waals surface area contributed by atoms with Crippen LogP contribution < -0.4 is 5.32 Å². The second-order valence-electron chi connectivity index (χ2n) is 4.70. The van der Waals surface area contributed by atoms with E-state index in [4.69, 9.17) is 8.94 Å². The minimum absolute atomic E-state index is 0.445. The van der Waals surface area contributed by atoms with E-state index in [0.29, 0.717) is 30.1 Å². The smallest absolute Gasteiger partial charge is 0.293 e. The van der Waals surface area contributed by atoms with Crippen LogP contribution >= 0.6 is 0 Å². The second kappa shape index (κ2) is 5.54. The van der Waals surface area contributed by atoms with E-state index in [-0.39, 0.29) is 0 Å². The van der Waals surface area contributed by atoms with Gasteiger partial charge in [-0.25, -0.2) is 0 Å². The number of nitrogens with zero attached hydrogens (tertiary/aromatic N) is 3. The van der Waals surface area contributed by atoms with Gasteiger partial charge in [0.2, 0.25) is 0 Å². The maximum atomic E-state index is 5.24. The standard InChI is InChI=1S/C13H18N4O2/c1-2-17(10-5-6-14-8-10)9-12-15-13(19-16-12)11-4-3-7-18-11/h3-4,7,10,14H,2,5-6,8-9H2,1H3. The number of rotatable bonds is 5. The van der Waals surface area contributed by atoms with Gasteiger partial charge in [0.15, 0.2) is 11.6 Å². The van der Waals surface area contributed by atoms with Gasteiger partial charge >= 0.3 is 0 Å². The molecule has 19 heavy (non-hydrogen) atoms. The molecule has 1 aliphatic heterocycles. The molecule has 102 valence electrons. The number of furan rings is 1. The zero-order valence-corrected chi connectivity index (χ0v) is 11.0. The summed E-state index contributed by atoms with van der Waals surface area (Å²) in [6, 6.07) is 4.19. The Labute approximate surface area is 111 Å². The van der Waals surface area contributed by atoms with Crippen LogP contribution in [0.2, 0.25) is 0 Å². The zero-order chi connectivity index (χ0) is 13.1. The lowest BCUT2D eigenvalue weighted by molar-refractivity contribution is 0.202. The number of likely N-dealkylation sites (N-methyl/N-ethyl adjacent to an activating group) is 1. The van der Waals surface area contributed by atoms with Crippen molar-refractivity contribution in [1.29, 1.82) is 0 Å². The van der Waals surface area contributed by atoms with Crippen LogP contribution in [-0.4, -0.2) is 40.7 Å². The van der Waals surface area contributed by atoms with Crippen molar-refractivity contribution in [3.8, 4) is 11.7 Å². The van der Waals surface area contributed by atoms with Crippen LogP contribution in [0.4, 0.5) is 0 Å². The molecule has 1 unspecified atom stereocenters. The van der Waals surface area contributed by atoms with Crippen LogP contribution in [0.3, 0.4) is 0 Å². The summed E-state index contributed by atoms with van der Waals surface area (Å²) in [7, 11) is 0. The lowest BCUT2D eigenvalue weighted by atomic mass is 10.2. The first kappa shape index (κ1) is 12.4. The van der Waals surface area contributed by atoms with Crippen LogP contribution in [0, 0.1) is 0 Å². The molecular weight excluding hydrogens is 244 g/mol. The zero-order valence-electron chi connectivity index (χ0n) is 11.0. The Bertz CT molecular complexity index is 502. The summed E-state index contributed by atoms with van der Waals surface area (Å²) in [5.74, 6) is 1.77. The van der Waals surface area contributed by atoms with E-state index in [1.165, 1.54) is 6.42 Å². The van der Waals surface area contributed by atoms with Crippen molar-refractivity contribution in [1.82, 2.24) is 20.4 Å². The third kappa shape index (κ3) is 2.69. The van der Waals surface area contributed by atoms with E-state index in [2.05, 4.69) is 27.3 Å². The molecule has 3 rings (SSSR count). The predicted octanol–water partition coefficient (Wildman–Crippen LogP) is 1.51. The molecule has 2 aromatic heterocycles. The molecule has 3 heterocycles. The highest BCUT2D eigenvalue weighted by Crippen LogP contribution is 2.18. The van der Waals surface area contributed by atoms with Crippen molar-refractivity contribution in [2.45, 2.75) is 25.9 Å². The van der Waals surface area contributed by atoms with Gasteiger partial charge in [0, 0.05) is 12.6 Å². The molecule has 0 spiro atoms. The first-order valence-corrected chi connectivity index (χ1v) is 6.68. The fourth-order valence-corrected chi connectivity index (χ4v) is 2.45. The summed E-state index contributed by atoms with van der Waals surface area (Å²) < 4.78 is 10.5. The molecule has 0 aliphatic carbocycles. The molecule has 6 heteroatoms. The third-order valence-corrected chi connectivity index (χ3v) is 3.50. The molecule has 0 saturated carbocycles. The number of aromatic nitrogens is 2. The van der Waals surface area contributed by atoms with Crippen molar-refractivity contribution in [3.63, 3.8) is 0 Å². The Morgan fingerprint density at radius 2 is 2.47 bits per heavy atom. The molecule has 1 saturated heterocycles. The Morgan fingerprint density at radius 1 is 1.53 bits per heavy atom. The van der Waals surface area contributed by atoms with Crippen LogP contribution in [-0.2, 0) is 6.54 Å². The van der Waals surface area contributed by atoms with E-state index >= 15 is 0 Å². The van der Waals surface area contributed by atoms with E-state index in [9.17, 15) is 0 Å². The average Bonchev–Trinajstić information content (AvgIpc) is 3.15. The topological polar surface area (TPSA) is 67.3 Å². The molecule has 0 bridgehead atoms. The third-order valence-electron chi connectivity index (χ3n) is 3.50. The fraction of sp³-hybridized carbons (Fsp3) is 0.538. The Morgan fingerprint density at radius 3 is 3.16 bits per heavy atom. The van der Waals surface area contributed by atoms with Crippen LogP contribution in [0.5, 0.6) is 0 Å². The number of hydrogen-bond acceptors (Lipinski definition) is 6. The molecule has 0 aromatic carbocycles. The van der Waals surface area contributed by atoms with E-state index < -0.39 is 0 Å². The summed E-state index contributed by atoms with van der Waals surface area (Å²) in [4.78, 5) is 6.75. The van der Waals surface area contributed by atoms with Gasteiger partial charge in [-0.1, -0.05) is 12.1 Å². The highest BCUT2D eigenvalue weighted by Gasteiger charge is 2.23. The molecule has 1 aliphatic rings. The van der Waals surface area contributed by atoms with Crippen molar-refractivity contribution in [2.75, 3.05) is 19.6 Å². The highest BCUT2D eigenvalue weighted by atomic mass is 16.5. The van der Waals surface area contributed by atoms with Crippen molar-refractivity contribution in [2.24, 2.45) is 0 Å². The maximum absolute atomic E-state index is 5.24. The summed E-state index contributed by atoms with van der Waals surface area (Å²) in [6.07, 6.45) is 2.78. The van der Waals surface area contributed by atoms with E-state index in [1.54, 1.807) is 6.26 Å². The molecular formula is C13H18N4O2. The minimum Gasteiger partial charge on any atom is -0.459 e. The van der Waals surface area contributed by atoms with Gasteiger partial charge in [-0.3, -0.25) is 4.90 Å². The molecule has 1 N–H and O–H groups in total. The molecule has 6 nitrogen and oxygen atoms in total. The first-order chi connectivity index (χ1) is 9.36. The van der Waals surface area contributed by atoms with Crippen molar-refractivity contribution in [3.05, 3.63) is 24.2 Å². The van der Waals surface area contributed by atoms with Gasteiger partial charge < -0.3 is 14.3 Å². The summed E-state index contributed by atoms with van der Waals surface area (Å²) in [6.45, 7) is 5.98. The Hall–Kier alpha value is -1.66. The van der Waals surface area contributed by atoms with Gasteiger partial charge in [0.25, 0.3) is 5.89 Å².